The van der Waals surface area contributed by atoms with Crippen molar-refractivity contribution in [2.24, 2.45) is 0 Å². The maximum Gasteiger partial charge on any atom is 0.340 e. The van der Waals surface area contributed by atoms with Gasteiger partial charge in [-0.1, -0.05) is 48.5 Å². The SMILES string of the molecule is O=C(O)c1c(-c2ccccc2)nc2ccsc2c1NNc1ccccc1. The minimum Gasteiger partial charge on any atom is -0.478 e. The Morgan fingerprint density at radius 2 is 1.62 bits per heavy atom. The number of hydrogen-bond donors (Lipinski definition) is 3. The van der Waals surface area contributed by atoms with Crippen LogP contribution in [-0.2, 0) is 0 Å². The van der Waals surface area contributed by atoms with Crippen LogP contribution >= 0.6 is 11.3 Å². The number of carbonyl (C=O) groups is 1. The summed E-state index contributed by atoms with van der Waals surface area (Å²) in [5.41, 5.74) is 9.64. The number of aromatic carboxylic acids is 1. The maximum absolute atomic E-state index is 12.1. The van der Waals surface area contributed by atoms with E-state index < -0.39 is 5.97 Å². The monoisotopic (exact) mass is 361 g/mol. The van der Waals surface area contributed by atoms with E-state index in [9.17, 15) is 9.90 Å². The number of hydrazine groups is 1. The summed E-state index contributed by atoms with van der Waals surface area (Å²) in [6.45, 7) is 0. The molecule has 0 saturated heterocycles. The maximum atomic E-state index is 12.1. The summed E-state index contributed by atoms with van der Waals surface area (Å²) >= 11 is 1.46. The van der Waals surface area contributed by atoms with Gasteiger partial charge in [0.05, 0.1) is 27.3 Å². The van der Waals surface area contributed by atoms with Crippen molar-refractivity contribution in [1.29, 1.82) is 0 Å². The van der Waals surface area contributed by atoms with E-state index >= 15 is 0 Å². The molecule has 0 saturated carbocycles. The number of aromatic nitrogens is 1. The first-order chi connectivity index (χ1) is 12.7. The number of hydrogen-bond acceptors (Lipinski definition) is 5. The zero-order chi connectivity index (χ0) is 17.9. The average Bonchev–Trinajstić information content (AvgIpc) is 3.15. The summed E-state index contributed by atoms with van der Waals surface area (Å²) in [4.78, 5) is 16.7. The van der Waals surface area contributed by atoms with Gasteiger partial charge in [0.25, 0.3) is 0 Å². The molecule has 5 nitrogen and oxygen atoms in total. The fraction of sp³-hybridized carbons (Fsp3) is 0. The molecule has 6 heteroatoms. The van der Waals surface area contributed by atoms with Crippen molar-refractivity contribution in [3.05, 3.63) is 77.7 Å². The predicted molar refractivity (Wildman–Crippen MR) is 106 cm³/mol. The normalized spacial score (nSPS) is 10.6. The van der Waals surface area contributed by atoms with Crippen molar-refractivity contribution in [3.8, 4) is 11.3 Å². The van der Waals surface area contributed by atoms with Gasteiger partial charge in [-0.3, -0.25) is 5.43 Å². The standard InChI is InChI=1S/C20H15N3O2S/c24-20(25)16-17(13-7-3-1-4-8-13)21-15-11-12-26-19(15)18(16)23-22-14-9-5-2-6-10-14/h1-12,22H,(H,21,23)(H,24,25). The molecule has 2 aromatic heterocycles. The van der Waals surface area contributed by atoms with E-state index in [-0.39, 0.29) is 5.56 Å². The lowest BCUT2D eigenvalue weighted by atomic mass is 10.0. The van der Waals surface area contributed by atoms with Crippen LogP contribution < -0.4 is 10.9 Å². The Balaban J connectivity index is 1.88. The largest absolute Gasteiger partial charge is 0.478 e. The number of rotatable bonds is 5. The second-order valence-corrected chi connectivity index (χ2v) is 6.55. The van der Waals surface area contributed by atoms with Crippen LogP contribution in [0.5, 0.6) is 0 Å². The highest BCUT2D eigenvalue weighted by Crippen LogP contribution is 2.36. The van der Waals surface area contributed by atoms with Crippen molar-refractivity contribution >= 4 is 38.9 Å². The summed E-state index contributed by atoms with van der Waals surface area (Å²) in [5, 5.41) is 11.8. The first kappa shape index (κ1) is 16.1. The highest BCUT2D eigenvalue weighted by atomic mass is 32.1. The molecule has 2 heterocycles. The molecule has 0 atom stereocenters. The van der Waals surface area contributed by atoms with Crippen LogP contribution in [0, 0.1) is 0 Å². The molecule has 0 aliphatic rings. The minimum absolute atomic E-state index is 0.148. The van der Waals surface area contributed by atoms with Crippen LogP contribution in [0.15, 0.2) is 72.1 Å². The van der Waals surface area contributed by atoms with Gasteiger partial charge in [-0.15, -0.1) is 11.3 Å². The van der Waals surface area contributed by atoms with Crippen LogP contribution in [0.25, 0.3) is 21.5 Å². The van der Waals surface area contributed by atoms with Gasteiger partial charge < -0.3 is 10.5 Å². The molecule has 0 bridgehead atoms. The lowest BCUT2D eigenvalue weighted by Crippen LogP contribution is -2.14. The van der Waals surface area contributed by atoms with Crippen molar-refractivity contribution in [2.75, 3.05) is 10.9 Å². The van der Waals surface area contributed by atoms with Gasteiger partial charge in [0.1, 0.15) is 5.56 Å². The van der Waals surface area contributed by atoms with Gasteiger partial charge in [0.15, 0.2) is 0 Å². The lowest BCUT2D eigenvalue weighted by Gasteiger charge is -2.16. The van der Waals surface area contributed by atoms with Gasteiger partial charge >= 0.3 is 5.97 Å². The molecule has 0 aliphatic carbocycles. The summed E-state index contributed by atoms with van der Waals surface area (Å²) in [6, 6.07) is 20.8. The molecule has 0 radical (unpaired) electrons. The highest BCUT2D eigenvalue weighted by molar-refractivity contribution is 7.17. The van der Waals surface area contributed by atoms with Gasteiger partial charge in [-0.2, -0.15) is 0 Å². The van der Waals surface area contributed by atoms with E-state index in [2.05, 4.69) is 15.8 Å². The number of nitrogens with zero attached hydrogens (tertiary/aromatic N) is 1. The molecule has 0 fully saturated rings. The van der Waals surface area contributed by atoms with Gasteiger partial charge in [-0.25, -0.2) is 9.78 Å². The first-order valence-electron chi connectivity index (χ1n) is 8.01. The van der Waals surface area contributed by atoms with Gasteiger partial charge in [-0.05, 0) is 23.6 Å². The van der Waals surface area contributed by atoms with Crippen LogP contribution in [0.1, 0.15) is 10.4 Å². The first-order valence-corrected chi connectivity index (χ1v) is 8.89. The van der Waals surface area contributed by atoms with Gasteiger partial charge in [0.2, 0.25) is 0 Å². The molecule has 3 N–H and O–H groups in total. The molecule has 0 amide bonds. The Kier molecular flexibility index (Phi) is 4.25. The Labute approximate surface area is 153 Å². The topological polar surface area (TPSA) is 74.2 Å². The van der Waals surface area contributed by atoms with E-state index in [1.54, 1.807) is 0 Å². The highest BCUT2D eigenvalue weighted by Gasteiger charge is 2.22. The van der Waals surface area contributed by atoms with Gasteiger partial charge in [0, 0.05) is 5.56 Å². The fourth-order valence-corrected chi connectivity index (χ4v) is 3.61. The number of carboxylic acid groups (broad SMARTS) is 1. The Morgan fingerprint density at radius 1 is 0.923 bits per heavy atom. The molecule has 4 rings (SSSR count). The molecule has 26 heavy (non-hydrogen) atoms. The second kappa shape index (κ2) is 6.85. The molecule has 2 aromatic carbocycles. The van der Waals surface area contributed by atoms with Crippen LogP contribution in [-0.4, -0.2) is 16.1 Å². The zero-order valence-corrected chi connectivity index (χ0v) is 14.5. The zero-order valence-electron chi connectivity index (χ0n) is 13.6. The fourth-order valence-electron chi connectivity index (χ4n) is 2.77. The van der Waals surface area contributed by atoms with E-state index in [0.717, 1.165) is 21.5 Å². The summed E-state index contributed by atoms with van der Waals surface area (Å²) in [7, 11) is 0. The predicted octanol–water partition coefficient (Wildman–Crippen LogP) is 5.10. The second-order valence-electron chi connectivity index (χ2n) is 5.63. The van der Waals surface area contributed by atoms with Crippen LogP contribution in [0.3, 0.4) is 0 Å². The third-order valence-electron chi connectivity index (χ3n) is 3.96. The summed E-state index contributed by atoms with van der Waals surface area (Å²) in [5.74, 6) is -1.02. The van der Waals surface area contributed by atoms with Crippen molar-refractivity contribution in [1.82, 2.24) is 4.98 Å². The van der Waals surface area contributed by atoms with E-state index in [1.165, 1.54) is 11.3 Å². The Bertz CT molecular complexity index is 1060. The summed E-state index contributed by atoms with van der Waals surface area (Å²) in [6.07, 6.45) is 0. The number of anilines is 2. The smallest absolute Gasteiger partial charge is 0.340 e. The molecule has 128 valence electrons. The third kappa shape index (κ3) is 2.98. The third-order valence-corrected chi connectivity index (χ3v) is 4.88. The van der Waals surface area contributed by atoms with Crippen molar-refractivity contribution in [3.63, 3.8) is 0 Å². The molecule has 0 unspecified atom stereocenters. The van der Waals surface area contributed by atoms with E-state index in [4.69, 9.17) is 0 Å². The number of benzene rings is 2. The molecular formula is C20H15N3O2S. The van der Waals surface area contributed by atoms with Crippen LogP contribution in [0.2, 0.25) is 0 Å². The molecule has 4 aromatic rings. The number of thiophene rings is 1. The molecule has 0 spiro atoms. The summed E-state index contributed by atoms with van der Waals surface area (Å²) < 4.78 is 0.797. The Morgan fingerprint density at radius 3 is 2.31 bits per heavy atom. The van der Waals surface area contributed by atoms with Crippen LogP contribution in [0.4, 0.5) is 11.4 Å². The lowest BCUT2D eigenvalue weighted by molar-refractivity contribution is 0.0698. The number of carboxylic acids is 1. The number of fused-ring (bicyclic) bond motifs is 1. The molecular weight excluding hydrogens is 346 g/mol. The Hall–Kier alpha value is -3.38. The molecule has 0 aliphatic heterocycles. The quantitative estimate of drug-likeness (QED) is 0.431. The van der Waals surface area contributed by atoms with Crippen molar-refractivity contribution < 1.29 is 9.90 Å². The minimum atomic E-state index is -1.02. The number of nitrogens with one attached hydrogen (secondary N) is 2. The van der Waals surface area contributed by atoms with E-state index in [0.29, 0.717) is 11.4 Å². The number of pyridine rings is 1. The van der Waals surface area contributed by atoms with E-state index in [1.807, 2.05) is 72.1 Å². The average molecular weight is 361 g/mol. The number of para-hydroxylation sites is 1. The van der Waals surface area contributed by atoms with Crippen molar-refractivity contribution in [2.45, 2.75) is 0 Å².